The number of nitrogens with zero attached hydrogens (tertiary/aromatic N) is 5. The van der Waals surface area contributed by atoms with E-state index in [2.05, 4.69) is 10.1 Å². The Labute approximate surface area is 242 Å². The summed E-state index contributed by atoms with van der Waals surface area (Å²) in [6, 6.07) is 8.03. The monoisotopic (exact) mass is 603 g/mol. The summed E-state index contributed by atoms with van der Waals surface area (Å²) in [4.78, 5) is 21.9. The van der Waals surface area contributed by atoms with Crippen LogP contribution in [-0.2, 0) is 11.7 Å². The van der Waals surface area contributed by atoms with Crippen molar-refractivity contribution in [2.75, 3.05) is 26.7 Å². The van der Waals surface area contributed by atoms with Gasteiger partial charge in [0.05, 0.1) is 19.0 Å². The molecule has 43 heavy (non-hydrogen) atoms. The molecule has 0 bridgehead atoms. The van der Waals surface area contributed by atoms with E-state index in [-0.39, 0.29) is 29.0 Å². The molecule has 2 aromatic carbocycles. The fraction of sp³-hybridized carbons (Fsp3) is 0.367. The lowest BCUT2D eigenvalue weighted by atomic mass is 9.99. The number of ether oxygens (including phenoxy) is 1. The van der Waals surface area contributed by atoms with Crippen molar-refractivity contribution in [3.05, 3.63) is 82.4 Å². The van der Waals surface area contributed by atoms with E-state index in [9.17, 15) is 31.1 Å². The second kappa shape index (κ2) is 10.2. The number of rotatable bonds is 5. The molecule has 1 amide bonds. The number of fused-ring (bicyclic) bond motifs is 1. The first-order valence-corrected chi connectivity index (χ1v) is 13.7. The van der Waals surface area contributed by atoms with Gasteiger partial charge in [0.25, 0.3) is 5.91 Å². The third-order valence-corrected chi connectivity index (χ3v) is 8.48. The van der Waals surface area contributed by atoms with Crippen LogP contribution < -0.4 is 4.74 Å². The number of hydrogen-bond acceptors (Lipinski definition) is 5. The van der Waals surface area contributed by atoms with Gasteiger partial charge in [0.1, 0.15) is 11.3 Å². The molecular formula is C30H27F6N5O2. The van der Waals surface area contributed by atoms with Crippen LogP contribution in [0.1, 0.15) is 46.9 Å². The van der Waals surface area contributed by atoms with Crippen LogP contribution in [0.15, 0.2) is 42.6 Å². The third kappa shape index (κ3) is 4.79. The lowest BCUT2D eigenvalue weighted by Crippen LogP contribution is -2.56. The van der Waals surface area contributed by atoms with Crippen molar-refractivity contribution in [3.8, 4) is 17.0 Å². The molecule has 7 nitrogen and oxygen atoms in total. The zero-order chi connectivity index (χ0) is 30.8. The van der Waals surface area contributed by atoms with E-state index < -0.39 is 46.8 Å². The normalized spacial score (nSPS) is 18.7. The Bertz CT molecular complexity index is 1710. The second-order valence-electron chi connectivity index (χ2n) is 11.0. The molecule has 1 atom stereocenters. The Morgan fingerprint density at radius 2 is 1.70 bits per heavy atom. The Kier molecular flexibility index (Phi) is 6.90. The summed E-state index contributed by atoms with van der Waals surface area (Å²) < 4.78 is 90.4. The van der Waals surface area contributed by atoms with Crippen molar-refractivity contribution < 1.29 is 35.9 Å². The van der Waals surface area contributed by atoms with Crippen LogP contribution in [0.2, 0.25) is 0 Å². The summed E-state index contributed by atoms with van der Waals surface area (Å²) in [5.41, 5.74) is -1.34. The molecule has 1 aliphatic heterocycles. The third-order valence-electron chi connectivity index (χ3n) is 8.48. The van der Waals surface area contributed by atoms with Crippen LogP contribution in [0.4, 0.5) is 26.3 Å². The van der Waals surface area contributed by atoms with E-state index in [1.165, 1.54) is 18.9 Å². The first-order valence-electron chi connectivity index (χ1n) is 13.7. The van der Waals surface area contributed by atoms with Gasteiger partial charge in [-0.2, -0.15) is 18.3 Å². The van der Waals surface area contributed by atoms with E-state index in [4.69, 9.17) is 4.74 Å². The molecule has 13 heteroatoms. The predicted octanol–water partition coefficient (Wildman–Crippen LogP) is 5.99. The van der Waals surface area contributed by atoms with Gasteiger partial charge in [0, 0.05) is 42.3 Å². The first kappa shape index (κ1) is 29.0. The topological polar surface area (TPSA) is 63.0 Å². The van der Waals surface area contributed by atoms with Crippen molar-refractivity contribution in [1.29, 1.82) is 0 Å². The average Bonchev–Trinajstić information content (AvgIpc) is 3.68. The molecule has 2 aliphatic rings. The standard InChI is InChI=1S/C30H27F6N5O2/c1-16-15-39(29(8-9-29)19-12-22(31)24(33)23(32)13-19)10-11-40(16)28(42)21-14-37-41-26(30(34,35)36)17(2)25(38-27(21)41)18-4-6-20(43-3)7-5-18/h4-7,12-14,16H,8-11,15H2,1-3H3/t16-/m1/s1. The molecule has 0 radical (unpaired) electrons. The van der Waals surface area contributed by atoms with Gasteiger partial charge in [-0.05, 0) is 68.7 Å². The van der Waals surface area contributed by atoms with Crippen molar-refractivity contribution in [1.82, 2.24) is 24.4 Å². The molecule has 0 N–H and O–H groups in total. The number of benzene rings is 2. The predicted molar refractivity (Wildman–Crippen MR) is 144 cm³/mol. The minimum Gasteiger partial charge on any atom is -0.497 e. The lowest BCUT2D eigenvalue weighted by molar-refractivity contribution is -0.143. The summed E-state index contributed by atoms with van der Waals surface area (Å²) in [5.74, 6) is -4.05. The highest BCUT2D eigenvalue weighted by Gasteiger charge is 2.52. The second-order valence-corrected chi connectivity index (χ2v) is 11.0. The van der Waals surface area contributed by atoms with Gasteiger partial charge in [-0.1, -0.05) is 0 Å². The molecule has 0 spiro atoms. The molecular weight excluding hydrogens is 576 g/mol. The number of amides is 1. The molecule has 1 saturated heterocycles. The smallest absolute Gasteiger partial charge is 0.433 e. The Morgan fingerprint density at radius 3 is 2.26 bits per heavy atom. The number of halogens is 6. The minimum atomic E-state index is -4.78. The van der Waals surface area contributed by atoms with Crippen LogP contribution in [-0.4, -0.2) is 63.1 Å². The van der Waals surface area contributed by atoms with Crippen molar-refractivity contribution in [2.24, 2.45) is 0 Å². The largest absolute Gasteiger partial charge is 0.497 e. The number of alkyl halides is 3. The first-order chi connectivity index (χ1) is 20.4. The molecule has 226 valence electrons. The number of hydrogen-bond donors (Lipinski definition) is 0. The van der Waals surface area contributed by atoms with Gasteiger partial charge in [-0.15, -0.1) is 0 Å². The summed E-state index contributed by atoms with van der Waals surface area (Å²) >= 11 is 0. The van der Waals surface area contributed by atoms with E-state index in [1.807, 2.05) is 4.90 Å². The fourth-order valence-corrected chi connectivity index (χ4v) is 6.12. The van der Waals surface area contributed by atoms with Crippen LogP contribution in [0.25, 0.3) is 16.9 Å². The van der Waals surface area contributed by atoms with E-state index in [0.29, 0.717) is 47.3 Å². The molecule has 4 aromatic rings. The van der Waals surface area contributed by atoms with E-state index >= 15 is 0 Å². The summed E-state index contributed by atoms with van der Waals surface area (Å²) in [5, 5.41) is 3.93. The highest BCUT2D eigenvalue weighted by molar-refractivity contribution is 6.00. The number of methoxy groups -OCH3 is 1. The van der Waals surface area contributed by atoms with E-state index in [0.717, 1.165) is 18.3 Å². The van der Waals surface area contributed by atoms with Gasteiger partial charge < -0.3 is 9.64 Å². The van der Waals surface area contributed by atoms with Crippen molar-refractivity contribution >= 4 is 11.6 Å². The van der Waals surface area contributed by atoms with Crippen LogP contribution >= 0.6 is 0 Å². The number of carbonyl (C=O) groups excluding carboxylic acids is 1. The summed E-state index contributed by atoms with van der Waals surface area (Å²) in [7, 11) is 1.48. The van der Waals surface area contributed by atoms with E-state index in [1.54, 1.807) is 31.2 Å². The maximum atomic E-state index is 14.3. The zero-order valence-corrected chi connectivity index (χ0v) is 23.5. The molecule has 1 aliphatic carbocycles. The minimum absolute atomic E-state index is 0.0596. The summed E-state index contributed by atoms with van der Waals surface area (Å²) in [6.45, 7) is 3.98. The van der Waals surface area contributed by atoms with Crippen LogP contribution in [0, 0.1) is 24.4 Å². The lowest BCUT2D eigenvalue weighted by Gasteiger charge is -2.44. The van der Waals surface area contributed by atoms with Gasteiger partial charge in [-0.3, -0.25) is 9.69 Å². The summed E-state index contributed by atoms with van der Waals surface area (Å²) in [6.07, 6.45) is -2.45. The molecule has 3 heterocycles. The van der Waals surface area contributed by atoms with Gasteiger partial charge >= 0.3 is 6.18 Å². The van der Waals surface area contributed by atoms with Gasteiger partial charge in [0.15, 0.2) is 28.8 Å². The molecule has 2 aromatic heterocycles. The highest BCUT2D eigenvalue weighted by atomic mass is 19.4. The number of carbonyl (C=O) groups is 1. The average molecular weight is 604 g/mol. The maximum Gasteiger partial charge on any atom is 0.433 e. The number of piperazine rings is 1. The fourth-order valence-electron chi connectivity index (χ4n) is 6.12. The molecule has 1 saturated carbocycles. The van der Waals surface area contributed by atoms with Crippen molar-refractivity contribution in [2.45, 2.75) is 44.4 Å². The zero-order valence-electron chi connectivity index (χ0n) is 23.5. The van der Waals surface area contributed by atoms with Gasteiger partial charge in [-0.25, -0.2) is 22.7 Å². The van der Waals surface area contributed by atoms with Crippen molar-refractivity contribution in [3.63, 3.8) is 0 Å². The van der Waals surface area contributed by atoms with Gasteiger partial charge in [0.2, 0.25) is 0 Å². The molecule has 6 rings (SSSR count). The highest BCUT2D eigenvalue weighted by Crippen LogP contribution is 2.52. The SMILES string of the molecule is COc1ccc(-c2nc3c(C(=O)N4CCN(C5(c6cc(F)c(F)c(F)c6)CC5)C[C@H]4C)cnn3c(C(F)(F)F)c2C)cc1. The number of aromatic nitrogens is 3. The molecule has 2 fully saturated rings. The van der Waals surface area contributed by atoms with Crippen LogP contribution in [0.5, 0.6) is 5.75 Å². The van der Waals surface area contributed by atoms with Crippen LogP contribution in [0.3, 0.4) is 0 Å². The Balaban J connectivity index is 1.32. The maximum absolute atomic E-state index is 14.3. The Hall–Kier alpha value is -4.13. The Morgan fingerprint density at radius 1 is 1.05 bits per heavy atom. The molecule has 0 unspecified atom stereocenters. The quantitative estimate of drug-likeness (QED) is 0.207.